The monoisotopic (exact) mass is 372 g/mol. The molecule has 1 aliphatic rings. The second-order valence-electron chi connectivity index (χ2n) is 6.34. The molecule has 1 fully saturated rings. The van der Waals surface area contributed by atoms with Gasteiger partial charge in [-0.25, -0.2) is 10.1 Å². The Morgan fingerprint density at radius 3 is 2.64 bits per heavy atom. The van der Waals surface area contributed by atoms with Crippen LogP contribution in [0.5, 0.6) is 0 Å². The Balaban J connectivity index is 1.53. The van der Waals surface area contributed by atoms with Gasteiger partial charge in [0.05, 0.1) is 23.0 Å². The molecule has 0 spiro atoms. The van der Waals surface area contributed by atoms with Crippen LogP contribution in [0.2, 0.25) is 0 Å². The van der Waals surface area contributed by atoms with Crippen molar-refractivity contribution in [3.63, 3.8) is 0 Å². The van der Waals surface area contributed by atoms with Gasteiger partial charge in [-0.05, 0) is 37.5 Å². The second kappa shape index (κ2) is 7.00. The van der Waals surface area contributed by atoms with Crippen LogP contribution in [0.4, 0.5) is 0 Å². The molecule has 0 bridgehead atoms. The third-order valence-electron chi connectivity index (χ3n) is 4.18. The lowest BCUT2D eigenvalue weighted by molar-refractivity contribution is 0.323. The molecule has 1 unspecified atom stereocenters. The summed E-state index contributed by atoms with van der Waals surface area (Å²) in [7, 11) is -2.81. The van der Waals surface area contributed by atoms with E-state index in [1.54, 1.807) is 11.3 Å². The molecule has 0 saturated heterocycles. The zero-order valence-corrected chi connectivity index (χ0v) is 15.9. The van der Waals surface area contributed by atoms with E-state index in [0.717, 1.165) is 34.5 Å². The van der Waals surface area contributed by atoms with Crippen LogP contribution in [-0.4, -0.2) is 17.6 Å². The molecule has 1 heterocycles. The summed E-state index contributed by atoms with van der Waals surface area (Å²) in [6, 6.07) is 16.7. The molecule has 0 amide bonds. The predicted octanol–water partition coefficient (Wildman–Crippen LogP) is 5.44. The molecule has 6 heteroatoms. The molecule has 1 aliphatic carbocycles. The molecule has 0 radical (unpaired) electrons. The maximum Gasteiger partial charge on any atom is 0.274 e. The van der Waals surface area contributed by atoms with Crippen LogP contribution in [0.3, 0.4) is 0 Å². The van der Waals surface area contributed by atoms with Gasteiger partial charge in [-0.15, -0.1) is 11.3 Å². The fourth-order valence-electron chi connectivity index (χ4n) is 2.82. The molecule has 130 valence electrons. The van der Waals surface area contributed by atoms with Gasteiger partial charge in [0.1, 0.15) is 5.01 Å². The highest BCUT2D eigenvalue weighted by Gasteiger charge is 2.32. The average molecular weight is 372 g/mol. The van der Waals surface area contributed by atoms with E-state index in [-0.39, 0.29) is 0 Å². The molecule has 1 aromatic heterocycles. The Bertz CT molecular complexity index is 886. The predicted molar refractivity (Wildman–Crippen MR) is 104 cm³/mol. The first-order valence-corrected chi connectivity index (χ1v) is 11.2. The van der Waals surface area contributed by atoms with Crippen molar-refractivity contribution in [3.05, 3.63) is 54.1 Å². The normalized spacial score (nSPS) is 16.8. The summed E-state index contributed by atoms with van der Waals surface area (Å²) in [5.74, 6) is 0. The second-order valence-corrected chi connectivity index (χ2v) is 9.55. The lowest BCUT2D eigenvalue weighted by Gasteiger charge is -2.19. The van der Waals surface area contributed by atoms with Crippen molar-refractivity contribution < 1.29 is 9.09 Å². The number of hydrogen-bond acceptors (Lipinski definition) is 4. The third kappa shape index (κ3) is 4.01. The summed E-state index contributed by atoms with van der Waals surface area (Å²) in [5, 5.41) is 4.21. The van der Waals surface area contributed by atoms with Gasteiger partial charge < -0.3 is 4.52 Å². The molecule has 1 saturated carbocycles. The fourth-order valence-corrected chi connectivity index (χ4v) is 5.97. The highest BCUT2D eigenvalue weighted by molar-refractivity contribution is 7.56. The smallest absolute Gasteiger partial charge is 0.274 e. The minimum Gasteiger partial charge on any atom is -0.318 e. The van der Waals surface area contributed by atoms with E-state index >= 15 is 0 Å². The molecule has 0 aliphatic heterocycles. The van der Waals surface area contributed by atoms with E-state index in [9.17, 15) is 4.57 Å². The molecule has 4 nitrogen and oxygen atoms in total. The van der Waals surface area contributed by atoms with Crippen LogP contribution in [0.1, 0.15) is 25.3 Å². The highest BCUT2D eigenvalue weighted by Crippen LogP contribution is 2.49. The zero-order valence-electron chi connectivity index (χ0n) is 14.1. The summed E-state index contributed by atoms with van der Waals surface area (Å²) in [4.78, 5) is 4.69. The fraction of sp³-hybridized carbons (Fsp3) is 0.316. The summed E-state index contributed by atoms with van der Waals surface area (Å²) >= 11 is 1.69. The van der Waals surface area contributed by atoms with Crippen LogP contribution >= 0.6 is 18.9 Å². The SMILES string of the molecule is CCOP(=O)(Cc1ccc(-c2nc3ccccc3s2)cc1)NC1CC1. The molecule has 2 aromatic carbocycles. The minimum absolute atomic E-state index is 0.361. The van der Waals surface area contributed by atoms with Crippen LogP contribution in [0.25, 0.3) is 20.8 Å². The van der Waals surface area contributed by atoms with E-state index in [4.69, 9.17) is 9.51 Å². The lowest BCUT2D eigenvalue weighted by atomic mass is 10.2. The van der Waals surface area contributed by atoms with Crippen molar-refractivity contribution >= 4 is 29.1 Å². The summed E-state index contributed by atoms with van der Waals surface area (Å²) in [6.07, 6.45) is 2.61. The van der Waals surface area contributed by atoms with Gasteiger partial charge in [0.25, 0.3) is 7.52 Å². The van der Waals surface area contributed by atoms with Crippen molar-refractivity contribution in [1.82, 2.24) is 10.1 Å². The van der Waals surface area contributed by atoms with Gasteiger partial charge in [0, 0.05) is 11.6 Å². The van der Waals surface area contributed by atoms with Crippen molar-refractivity contribution in [2.45, 2.75) is 32.0 Å². The van der Waals surface area contributed by atoms with E-state index in [1.165, 1.54) is 4.70 Å². The van der Waals surface area contributed by atoms with Crippen LogP contribution in [-0.2, 0) is 15.3 Å². The maximum atomic E-state index is 13.0. The Kier molecular flexibility index (Phi) is 4.74. The Morgan fingerprint density at radius 2 is 1.96 bits per heavy atom. The first kappa shape index (κ1) is 16.9. The number of benzene rings is 2. The standard InChI is InChI=1S/C19H21N2O2PS/c1-2-23-24(22,21-16-11-12-16)13-14-7-9-15(10-8-14)19-20-17-5-3-4-6-18(17)25-19/h3-10,16H,2,11-13H2,1H3,(H,21,22). The number of rotatable bonds is 7. The van der Waals surface area contributed by atoms with Gasteiger partial charge in [-0.3, -0.25) is 4.57 Å². The molecule has 3 aromatic rings. The van der Waals surface area contributed by atoms with Crippen LogP contribution in [0.15, 0.2) is 48.5 Å². The van der Waals surface area contributed by atoms with Crippen molar-refractivity contribution in [1.29, 1.82) is 0 Å². The molecule has 1 atom stereocenters. The first-order chi connectivity index (χ1) is 12.1. The number of hydrogen-bond donors (Lipinski definition) is 1. The van der Waals surface area contributed by atoms with Crippen LogP contribution in [0, 0.1) is 0 Å². The number of para-hydroxylation sites is 1. The summed E-state index contributed by atoms with van der Waals surface area (Å²) < 4.78 is 19.7. The highest BCUT2D eigenvalue weighted by atomic mass is 32.1. The van der Waals surface area contributed by atoms with Crippen molar-refractivity contribution in [2.75, 3.05) is 6.61 Å². The number of aromatic nitrogens is 1. The van der Waals surface area contributed by atoms with Gasteiger partial charge in [-0.2, -0.15) is 0 Å². The molecular weight excluding hydrogens is 351 g/mol. The van der Waals surface area contributed by atoms with Crippen molar-refractivity contribution in [3.8, 4) is 10.6 Å². The van der Waals surface area contributed by atoms with Crippen molar-refractivity contribution in [2.24, 2.45) is 0 Å². The molecule has 1 N–H and O–H groups in total. The Labute approximate surface area is 151 Å². The van der Waals surface area contributed by atoms with E-state index in [2.05, 4.69) is 23.3 Å². The van der Waals surface area contributed by atoms with E-state index in [0.29, 0.717) is 18.8 Å². The molecular formula is C19H21N2O2PS. The molecule has 25 heavy (non-hydrogen) atoms. The largest absolute Gasteiger partial charge is 0.318 e. The minimum atomic E-state index is -2.81. The number of nitrogens with zero attached hydrogens (tertiary/aromatic N) is 1. The quantitative estimate of drug-likeness (QED) is 0.561. The summed E-state index contributed by atoms with van der Waals surface area (Å²) in [5.41, 5.74) is 3.14. The number of fused-ring (bicyclic) bond motifs is 1. The number of nitrogens with one attached hydrogen (secondary N) is 1. The maximum absolute atomic E-state index is 13.0. The molecule has 4 rings (SSSR count). The average Bonchev–Trinajstić information content (AvgIpc) is 3.29. The number of thiazole rings is 1. The first-order valence-electron chi connectivity index (χ1n) is 8.61. The Morgan fingerprint density at radius 1 is 1.20 bits per heavy atom. The summed E-state index contributed by atoms with van der Waals surface area (Å²) in [6.45, 7) is 2.35. The van der Waals surface area contributed by atoms with Gasteiger partial charge in [0.2, 0.25) is 0 Å². The van der Waals surface area contributed by atoms with Gasteiger partial charge in [0.15, 0.2) is 0 Å². The topological polar surface area (TPSA) is 51.2 Å². The third-order valence-corrected chi connectivity index (χ3v) is 7.48. The van der Waals surface area contributed by atoms with Crippen LogP contribution < -0.4 is 5.09 Å². The van der Waals surface area contributed by atoms with E-state index in [1.807, 2.05) is 37.3 Å². The lowest BCUT2D eigenvalue weighted by Crippen LogP contribution is -2.16. The zero-order chi connectivity index (χ0) is 17.3. The Hall–Kier alpha value is -1.52. The van der Waals surface area contributed by atoms with E-state index < -0.39 is 7.52 Å². The van der Waals surface area contributed by atoms with Gasteiger partial charge in [-0.1, -0.05) is 36.4 Å². The van der Waals surface area contributed by atoms with Gasteiger partial charge >= 0.3 is 0 Å².